The lowest BCUT2D eigenvalue weighted by molar-refractivity contribution is 0.0524. The van der Waals surface area contributed by atoms with Crippen LogP contribution in [0.3, 0.4) is 0 Å². The molecule has 0 aromatic carbocycles. The molecule has 3 atom stereocenters. The van der Waals surface area contributed by atoms with E-state index in [1.807, 2.05) is 0 Å². The zero-order valence-corrected chi connectivity index (χ0v) is 9.79. The molecule has 1 aliphatic rings. The molecule has 0 aromatic rings. The average molecular weight is 199 g/mol. The highest BCUT2D eigenvalue weighted by atomic mass is 16.3. The Balaban J connectivity index is 2.74. The molecule has 1 rings (SSSR count). The van der Waals surface area contributed by atoms with E-state index < -0.39 is 0 Å². The van der Waals surface area contributed by atoms with Crippen LogP contribution in [0.5, 0.6) is 0 Å². The number of rotatable bonds is 3. The number of aliphatic hydroxyl groups is 1. The minimum absolute atomic E-state index is 0.200. The van der Waals surface area contributed by atoms with Gasteiger partial charge in [-0.1, -0.05) is 13.8 Å². The van der Waals surface area contributed by atoms with Gasteiger partial charge in [0.2, 0.25) is 0 Å². The van der Waals surface area contributed by atoms with Crippen molar-refractivity contribution in [1.29, 1.82) is 0 Å². The van der Waals surface area contributed by atoms with Crippen molar-refractivity contribution in [2.24, 2.45) is 23.0 Å². The lowest BCUT2D eigenvalue weighted by atomic mass is 9.62. The molecule has 0 aliphatic heterocycles. The lowest BCUT2D eigenvalue weighted by Crippen LogP contribution is -2.45. The minimum Gasteiger partial charge on any atom is -0.396 e. The fourth-order valence-electron chi connectivity index (χ4n) is 3.35. The highest BCUT2D eigenvalue weighted by Gasteiger charge is 2.40. The first kappa shape index (κ1) is 12.0. The molecule has 2 heteroatoms. The van der Waals surface area contributed by atoms with Gasteiger partial charge in [0.1, 0.15) is 0 Å². The summed E-state index contributed by atoms with van der Waals surface area (Å²) in [6, 6.07) is 0.208. The highest BCUT2D eigenvalue weighted by molar-refractivity contribution is 4.93. The molecule has 2 nitrogen and oxygen atoms in total. The third-order valence-corrected chi connectivity index (χ3v) is 3.89. The molecule has 1 fully saturated rings. The van der Waals surface area contributed by atoms with Gasteiger partial charge in [0.15, 0.2) is 0 Å². The zero-order chi connectivity index (χ0) is 10.8. The maximum absolute atomic E-state index is 9.15. The standard InChI is InChI=1S/C12H25NO/c1-9-6-10(2)8-12(7-9,4-5-14)11(3)13/h9-11,14H,4-8,13H2,1-3H3. The van der Waals surface area contributed by atoms with Crippen LogP contribution >= 0.6 is 0 Å². The Bertz CT molecular complexity index is 169. The van der Waals surface area contributed by atoms with Gasteiger partial charge < -0.3 is 10.8 Å². The van der Waals surface area contributed by atoms with Gasteiger partial charge in [-0.05, 0) is 49.9 Å². The van der Waals surface area contributed by atoms with Crippen LogP contribution in [0, 0.1) is 17.3 Å². The second-order valence-electron chi connectivity index (χ2n) is 5.48. The first-order valence-corrected chi connectivity index (χ1v) is 5.86. The van der Waals surface area contributed by atoms with Crippen molar-refractivity contribution in [3.8, 4) is 0 Å². The maximum Gasteiger partial charge on any atom is 0.0436 e. The van der Waals surface area contributed by atoms with Crippen molar-refractivity contribution in [2.75, 3.05) is 6.61 Å². The van der Waals surface area contributed by atoms with E-state index in [-0.39, 0.29) is 18.1 Å². The monoisotopic (exact) mass is 199 g/mol. The fourth-order valence-corrected chi connectivity index (χ4v) is 3.35. The number of hydrogen-bond acceptors (Lipinski definition) is 2. The Kier molecular flexibility index (Phi) is 3.96. The average Bonchev–Trinajstić information content (AvgIpc) is 2.02. The second-order valence-corrected chi connectivity index (χ2v) is 5.48. The van der Waals surface area contributed by atoms with Gasteiger partial charge in [0.25, 0.3) is 0 Å². The third-order valence-electron chi connectivity index (χ3n) is 3.89. The summed E-state index contributed by atoms with van der Waals surface area (Å²) in [5.74, 6) is 1.52. The minimum atomic E-state index is 0.200. The molecule has 14 heavy (non-hydrogen) atoms. The molecule has 0 radical (unpaired) electrons. The van der Waals surface area contributed by atoms with E-state index in [0.29, 0.717) is 0 Å². The van der Waals surface area contributed by atoms with Crippen molar-refractivity contribution in [3.63, 3.8) is 0 Å². The Morgan fingerprint density at radius 1 is 1.36 bits per heavy atom. The van der Waals surface area contributed by atoms with Crippen LogP contribution < -0.4 is 5.73 Å². The Morgan fingerprint density at radius 3 is 2.21 bits per heavy atom. The summed E-state index contributed by atoms with van der Waals surface area (Å²) < 4.78 is 0. The molecule has 3 N–H and O–H groups in total. The molecule has 1 aliphatic carbocycles. The summed E-state index contributed by atoms with van der Waals surface area (Å²) in [6.07, 6.45) is 4.57. The van der Waals surface area contributed by atoms with E-state index in [2.05, 4.69) is 20.8 Å². The first-order chi connectivity index (χ1) is 6.50. The van der Waals surface area contributed by atoms with Crippen molar-refractivity contribution in [3.05, 3.63) is 0 Å². The normalized spacial score (nSPS) is 40.9. The van der Waals surface area contributed by atoms with Crippen LogP contribution in [-0.4, -0.2) is 17.8 Å². The van der Waals surface area contributed by atoms with Crippen molar-refractivity contribution < 1.29 is 5.11 Å². The van der Waals surface area contributed by atoms with Crippen molar-refractivity contribution in [1.82, 2.24) is 0 Å². The summed E-state index contributed by atoms with van der Waals surface area (Å²) in [6.45, 7) is 7.00. The van der Waals surface area contributed by atoms with Crippen LogP contribution in [0.4, 0.5) is 0 Å². The Morgan fingerprint density at radius 2 is 1.86 bits per heavy atom. The van der Waals surface area contributed by atoms with Crippen molar-refractivity contribution >= 4 is 0 Å². The molecule has 0 amide bonds. The third kappa shape index (κ3) is 2.48. The van der Waals surface area contributed by atoms with Crippen LogP contribution in [0.15, 0.2) is 0 Å². The smallest absolute Gasteiger partial charge is 0.0436 e. The van der Waals surface area contributed by atoms with Crippen LogP contribution in [0.1, 0.15) is 46.5 Å². The van der Waals surface area contributed by atoms with Crippen LogP contribution in [-0.2, 0) is 0 Å². The van der Waals surface area contributed by atoms with Crippen LogP contribution in [0.25, 0.3) is 0 Å². The fraction of sp³-hybridized carbons (Fsp3) is 1.00. The number of nitrogens with two attached hydrogens (primary N) is 1. The van der Waals surface area contributed by atoms with E-state index in [4.69, 9.17) is 10.8 Å². The maximum atomic E-state index is 9.15. The molecule has 0 saturated heterocycles. The van der Waals surface area contributed by atoms with Gasteiger partial charge in [0.05, 0.1) is 0 Å². The zero-order valence-electron chi connectivity index (χ0n) is 9.79. The van der Waals surface area contributed by atoms with E-state index in [1.54, 1.807) is 0 Å². The summed E-state index contributed by atoms with van der Waals surface area (Å²) in [7, 11) is 0. The lowest BCUT2D eigenvalue weighted by Gasteiger charge is -2.45. The van der Waals surface area contributed by atoms with Crippen LogP contribution in [0.2, 0.25) is 0 Å². The topological polar surface area (TPSA) is 46.2 Å². The van der Waals surface area contributed by atoms with Gasteiger partial charge in [0, 0.05) is 12.6 Å². The second kappa shape index (κ2) is 4.63. The summed E-state index contributed by atoms with van der Waals surface area (Å²) in [5.41, 5.74) is 6.30. The predicted molar refractivity (Wildman–Crippen MR) is 60.0 cm³/mol. The SMILES string of the molecule is CC1CC(C)CC(CCO)(C(C)N)C1. The molecule has 0 aromatic heterocycles. The Hall–Kier alpha value is -0.0800. The molecule has 1 saturated carbocycles. The summed E-state index contributed by atoms with van der Waals surface area (Å²) >= 11 is 0. The van der Waals surface area contributed by atoms with E-state index >= 15 is 0 Å². The number of aliphatic hydroxyl groups excluding tert-OH is 1. The number of hydrogen-bond donors (Lipinski definition) is 2. The van der Waals surface area contributed by atoms with Gasteiger partial charge in [-0.2, -0.15) is 0 Å². The largest absolute Gasteiger partial charge is 0.396 e. The van der Waals surface area contributed by atoms with Gasteiger partial charge >= 0.3 is 0 Å². The molecule has 0 spiro atoms. The Labute approximate surface area is 87.9 Å². The summed E-state index contributed by atoms with van der Waals surface area (Å²) in [5, 5.41) is 9.15. The molecular formula is C12H25NO. The molecule has 0 bridgehead atoms. The van der Waals surface area contributed by atoms with E-state index in [1.165, 1.54) is 19.3 Å². The van der Waals surface area contributed by atoms with Gasteiger partial charge in [-0.25, -0.2) is 0 Å². The van der Waals surface area contributed by atoms with E-state index in [9.17, 15) is 0 Å². The first-order valence-electron chi connectivity index (χ1n) is 5.86. The van der Waals surface area contributed by atoms with Gasteiger partial charge in [-0.3, -0.25) is 0 Å². The molecule has 84 valence electrons. The highest BCUT2D eigenvalue weighted by Crippen LogP contribution is 2.46. The van der Waals surface area contributed by atoms with Gasteiger partial charge in [-0.15, -0.1) is 0 Å². The quantitative estimate of drug-likeness (QED) is 0.731. The molecule has 3 unspecified atom stereocenters. The summed E-state index contributed by atoms with van der Waals surface area (Å²) in [4.78, 5) is 0. The predicted octanol–water partition coefficient (Wildman–Crippen LogP) is 2.16. The molecule has 0 heterocycles. The van der Waals surface area contributed by atoms with E-state index in [0.717, 1.165) is 18.3 Å². The van der Waals surface area contributed by atoms with Crippen molar-refractivity contribution in [2.45, 2.75) is 52.5 Å². The molecular weight excluding hydrogens is 174 g/mol.